The molecule has 1 fully saturated rings. The number of nitro groups is 1. The Kier molecular flexibility index (Phi) is 7.45. The van der Waals surface area contributed by atoms with Crippen LogP contribution in [-0.2, 0) is 4.79 Å². The number of amides is 2. The molecule has 2 aromatic rings. The Bertz CT molecular complexity index is 997. The Morgan fingerprint density at radius 1 is 1.00 bits per heavy atom. The Balaban J connectivity index is 1.49. The average molecular weight is 439 g/mol. The van der Waals surface area contributed by atoms with Gasteiger partial charge in [0, 0.05) is 42.5 Å². The van der Waals surface area contributed by atoms with Gasteiger partial charge in [-0.25, -0.2) is 0 Å². The second kappa shape index (κ2) is 10.4. The van der Waals surface area contributed by atoms with Crippen LogP contribution in [0, 0.1) is 10.1 Å². The molecule has 31 heavy (non-hydrogen) atoms. The van der Waals surface area contributed by atoms with E-state index in [1.165, 1.54) is 30.7 Å². The number of hydrogen-bond acceptors (Lipinski definition) is 5. The first-order chi connectivity index (χ1) is 14.9. The third-order valence-electron chi connectivity index (χ3n) is 4.80. The van der Waals surface area contributed by atoms with Crippen LogP contribution >= 0.6 is 12.2 Å². The molecule has 1 saturated heterocycles. The topological polar surface area (TPSA) is 105 Å². The van der Waals surface area contributed by atoms with Gasteiger partial charge >= 0.3 is 0 Å². The number of nitrogens with zero attached hydrogens (tertiary/aromatic N) is 2. The van der Waals surface area contributed by atoms with Crippen molar-refractivity contribution in [3.8, 4) is 0 Å². The van der Waals surface area contributed by atoms with Crippen LogP contribution in [0.4, 0.5) is 11.4 Å². The summed E-state index contributed by atoms with van der Waals surface area (Å²) in [6.45, 7) is 1.59. The van der Waals surface area contributed by atoms with Crippen LogP contribution in [0.15, 0.2) is 54.6 Å². The highest BCUT2D eigenvalue weighted by Gasteiger charge is 2.17. The Labute approximate surface area is 185 Å². The molecule has 1 aliphatic heterocycles. The fourth-order valence-electron chi connectivity index (χ4n) is 3.17. The van der Waals surface area contributed by atoms with Crippen molar-refractivity contribution >= 4 is 46.6 Å². The Hall–Kier alpha value is -3.59. The van der Waals surface area contributed by atoms with Crippen LogP contribution in [0.2, 0.25) is 0 Å². The van der Waals surface area contributed by atoms with E-state index in [1.54, 1.807) is 36.4 Å². The van der Waals surface area contributed by atoms with Crippen molar-refractivity contribution in [1.82, 2.24) is 10.2 Å². The van der Waals surface area contributed by atoms with Crippen LogP contribution in [0.25, 0.3) is 6.08 Å². The third-order valence-corrected chi connectivity index (χ3v) is 5.00. The molecular weight excluding hydrogens is 416 g/mol. The SMILES string of the molecule is O=C(/C=C/c1ccc([N+](=O)[O-])cc1)NC(=S)Nc1ccc(C(=O)N2CCCCC2)cc1. The molecule has 9 heteroatoms. The van der Waals surface area contributed by atoms with Gasteiger partial charge in [-0.2, -0.15) is 0 Å². The molecule has 0 unspecified atom stereocenters. The molecule has 0 aromatic heterocycles. The van der Waals surface area contributed by atoms with E-state index in [0.717, 1.165) is 25.9 Å². The van der Waals surface area contributed by atoms with Crippen molar-refractivity contribution in [3.63, 3.8) is 0 Å². The lowest BCUT2D eigenvalue weighted by molar-refractivity contribution is -0.384. The molecule has 2 amide bonds. The number of hydrogen-bond donors (Lipinski definition) is 2. The maximum Gasteiger partial charge on any atom is 0.269 e. The fourth-order valence-corrected chi connectivity index (χ4v) is 3.39. The van der Waals surface area contributed by atoms with E-state index >= 15 is 0 Å². The lowest BCUT2D eigenvalue weighted by atomic mass is 10.1. The maximum absolute atomic E-state index is 12.5. The number of thiocarbonyl (C=S) groups is 1. The van der Waals surface area contributed by atoms with Crippen molar-refractivity contribution in [3.05, 3.63) is 75.8 Å². The zero-order chi connectivity index (χ0) is 22.2. The second-order valence-corrected chi connectivity index (χ2v) is 7.46. The van der Waals surface area contributed by atoms with E-state index < -0.39 is 10.8 Å². The minimum atomic E-state index is -0.486. The van der Waals surface area contributed by atoms with Gasteiger partial charge in [-0.1, -0.05) is 0 Å². The quantitative estimate of drug-likeness (QED) is 0.319. The minimum absolute atomic E-state index is 0.0179. The van der Waals surface area contributed by atoms with Gasteiger partial charge in [0.1, 0.15) is 0 Å². The molecule has 160 valence electrons. The largest absolute Gasteiger partial charge is 0.339 e. The van der Waals surface area contributed by atoms with Crippen LogP contribution in [-0.4, -0.2) is 39.8 Å². The van der Waals surface area contributed by atoms with E-state index in [2.05, 4.69) is 10.6 Å². The van der Waals surface area contributed by atoms with Crippen molar-refractivity contribution in [2.75, 3.05) is 18.4 Å². The second-order valence-electron chi connectivity index (χ2n) is 7.06. The molecule has 0 aliphatic carbocycles. The predicted molar refractivity (Wildman–Crippen MR) is 123 cm³/mol. The van der Waals surface area contributed by atoms with Crippen molar-refractivity contribution in [2.24, 2.45) is 0 Å². The van der Waals surface area contributed by atoms with Crippen molar-refractivity contribution < 1.29 is 14.5 Å². The molecule has 8 nitrogen and oxygen atoms in total. The number of likely N-dealkylation sites (tertiary alicyclic amines) is 1. The van der Waals surface area contributed by atoms with E-state index in [0.29, 0.717) is 16.8 Å². The summed E-state index contributed by atoms with van der Waals surface area (Å²) < 4.78 is 0. The van der Waals surface area contributed by atoms with E-state index in [1.807, 2.05) is 4.90 Å². The van der Waals surface area contributed by atoms with Crippen molar-refractivity contribution in [1.29, 1.82) is 0 Å². The maximum atomic E-state index is 12.5. The zero-order valence-electron chi connectivity index (χ0n) is 16.7. The smallest absolute Gasteiger partial charge is 0.269 e. The highest BCUT2D eigenvalue weighted by Crippen LogP contribution is 2.16. The van der Waals surface area contributed by atoms with Gasteiger partial charge in [0.15, 0.2) is 5.11 Å². The lowest BCUT2D eigenvalue weighted by Crippen LogP contribution is -2.35. The summed E-state index contributed by atoms with van der Waals surface area (Å²) in [5.41, 5.74) is 1.90. The highest BCUT2D eigenvalue weighted by molar-refractivity contribution is 7.80. The molecule has 0 spiro atoms. The molecule has 2 aromatic carbocycles. The fraction of sp³-hybridized carbons (Fsp3) is 0.227. The number of nitro benzene ring substituents is 1. The van der Waals surface area contributed by atoms with Gasteiger partial charge in [0.2, 0.25) is 5.91 Å². The first-order valence-corrected chi connectivity index (χ1v) is 10.3. The number of benzene rings is 2. The molecule has 2 N–H and O–H groups in total. The van der Waals surface area contributed by atoms with Gasteiger partial charge in [0.05, 0.1) is 4.92 Å². The number of nitrogens with one attached hydrogen (secondary N) is 2. The number of anilines is 1. The number of non-ortho nitro benzene ring substituents is 1. The highest BCUT2D eigenvalue weighted by atomic mass is 32.1. The van der Waals surface area contributed by atoms with Gasteiger partial charge in [-0.3, -0.25) is 25.0 Å². The van der Waals surface area contributed by atoms with Crippen LogP contribution in [0.3, 0.4) is 0 Å². The Morgan fingerprint density at radius 2 is 1.65 bits per heavy atom. The summed E-state index contributed by atoms with van der Waals surface area (Å²) in [6.07, 6.45) is 6.06. The normalized spacial score (nSPS) is 13.6. The standard InChI is InChI=1S/C22H22N4O4S/c27-20(13-6-16-4-11-19(12-5-16)26(29)30)24-22(31)23-18-9-7-17(8-10-18)21(28)25-14-2-1-3-15-25/h4-13H,1-3,14-15H2,(H2,23,24,27,31)/b13-6+. The summed E-state index contributed by atoms with van der Waals surface area (Å²) in [5.74, 6) is -0.411. The summed E-state index contributed by atoms with van der Waals surface area (Å²) >= 11 is 5.15. The summed E-state index contributed by atoms with van der Waals surface area (Å²) in [7, 11) is 0. The minimum Gasteiger partial charge on any atom is -0.339 e. The summed E-state index contributed by atoms with van der Waals surface area (Å²) in [5, 5.41) is 16.2. The molecule has 0 bridgehead atoms. The molecule has 1 aliphatic rings. The number of rotatable bonds is 5. The summed E-state index contributed by atoms with van der Waals surface area (Å²) in [6, 6.07) is 12.8. The van der Waals surface area contributed by atoms with Gasteiger partial charge in [-0.05, 0) is 79.5 Å². The number of piperidine rings is 1. The Morgan fingerprint density at radius 3 is 2.26 bits per heavy atom. The van der Waals surface area contributed by atoms with E-state index in [9.17, 15) is 19.7 Å². The monoisotopic (exact) mass is 438 g/mol. The van der Waals surface area contributed by atoms with E-state index in [4.69, 9.17) is 12.2 Å². The first kappa shape index (κ1) is 22.1. The van der Waals surface area contributed by atoms with Crippen LogP contribution in [0.1, 0.15) is 35.2 Å². The molecular formula is C22H22N4O4S. The van der Waals surface area contributed by atoms with E-state index in [-0.39, 0.29) is 16.7 Å². The van der Waals surface area contributed by atoms with Gasteiger partial charge in [-0.15, -0.1) is 0 Å². The van der Waals surface area contributed by atoms with Gasteiger partial charge < -0.3 is 10.2 Å². The third kappa shape index (κ3) is 6.45. The molecule has 0 radical (unpaired) electrons. The first-order valence-electron chi connectivity index (χ1n) is 9.86. The lowest BCUT2D eigenvalue weighted by Gasteiger charge is -2.26. The van der Waals surface area contributed by atoms with Crippen LogP contribution in [0.5, 0.6) is 0 Å². The summed E-state index contributed by atoms with van der Waals surface area (Å²) in [4.78, 5) is 36.6. The number of carbonyl (C=O) groups is 2. The average Bonchev–Trinajstić information content (AvgIpc) is 2.78. The molecule has 0 saturated carbocycles. The van der Waals surface area contributed by atoms with Crippen LogP contribution < -0.4 is 10.6 Å². The van der Waals surface area contributed by atoms with Crippen molar-refractivity contribution in [2.45, 2.75) is 19.3 Å². The molecule has 0 atom stereocenters. The number of carbonyl (C=O) groups excluding carboxylic acids is 2. The predicted octanol–water partition coefficient (Wildman–Crippen LogP) is 3.75. The molecule has 3 rings (SSSR count). The van der Waals surface area contributed by atoms with Gasteiger partial charge in [0.25, 0.3) is 11.6 Å². The zero-order valence-corrected chi connectivity index (χ0v) is 17.6. The molecule has 1 heterocycles.